The Labute approximate surface area is 176 Å². The second kappa shape index (κ2) is 18.7. The van der Waals surface area contributed by atoms with Gasteiger partial charge in [0.05, 0.1) is 32.3 Å². The highest BCUT2D eigenvalue weighted by Gasteiger charge is 2.28. The Balaban J connectivity index is 3.58. The molecule has 0 saturated carbocycles. The average Bonchev–Trinajstić information content (AvgIpc) is 2.72. The molecule has 28 heavy (non-hydrogen) atoms. The standard InChI is InChI=1S/C22H44O5S/c1-3-4-5-6-7-8-9-10-11-12-15-28-16-20(2)21(26)27-14-13-22(17-23,18-24)19-25/h20,23-25H,3-19H2,1-2H3. The van der Waals surface area contributed by atoms with Crippen LogP contribution < -0.4 is 0 Å². The van der Waals surface area contributed by atoms with Crippen LogP contribution in [0.4, 0.5) is 0 Å². The van der Waals surface area contributed by atoms with E-state index in [1.54, 1.807) is 11.8 Å². The van der Waals surface area contributed by atoms with Gasteiger partial charge in [0.1, 0.15) is 0 Å². The summed E-state index contributed by atoms with van der Waals surface area (Å²) in [5, 5.41) is 27.8. The molecule has 0 aliphatic heterocycles. The highest BCUT2D eigenvalue weighted by molar-refractivity contribution is 7.99. The van der Waals surface area contributed by atoms with Gasteiger partial charge in [-0.2, -0.15) is 11.8 Å². The highest BCUT2D eigenvalue weighted by Crippen LogP contribution is 2.20. The van der Waals surface area contributed by atoms with Gasteiger partial charge in [0.2, 0.25) is 0 Å². The molecule has 0 aromatic rings. The molecule has 6 heteroatoms. The van der Waals surface area contributed by atoms with Gasteiger partial charge in [-0.05, 0) is 18.6 Å². The number of hydrogen-bond acceptors (Lipinski definition) is 6. The summed E-state index contributed by atoms with van der Waals surface area (Å²) in [5.41, 5.74) is -0.978. The first kappa shape index (κ1) is 27.7. The lowest BCUT2D eigenvalue weighted by atomic mass is 9.88. The summed E-state index contributed by atoms with van der Waals surface area (Å²) in [6, 6.07) is 0. The molecule has 0 heterocycles. The van der Waals surface area contributed by atoms with E-state index in [2.05, 4.69) is 6.92 Å². The van der Waals surface area contributed by atoms with Crippen LogP contribution >= 0.6 is 11.8 Å². The molecule has 0 aliphatic carbocycles. The van der Waals surface area contributed by atoms with E-state index in [0.29, 0.717) is 0 Å². The molecule has 0 aromatic heterocycles. The molecule has 0 bridgehead atoms. The van der Waals surface area contributed by atoms with Crippen molar-refractivity contribution in [2.45, 2.75) is 84.5 Å². The lowest BCUT2D eigenvalue weighted by molar-refractivity contribution is -0.148. The van der Waals surface area contributed by atoms with Crippen molar-refractivity contribution in [1.82, 2.24) is 0 Å². The molecule has 168 valence electrons. The van der Waals surface area contributed by atoms with Crippen molar-refractivity contribution in [3.63, 3.8) is 0 Å². The molecule has 0 fully saturated rings. The molecular weight excluding hydrogens is 376 g/mol. The molecule has 0 aromatic carbocycles. The number of unbranched alkanes of at least 4 members (excludes halogenated alkanes) is 9. The van der Waals surface area contributed by atoms with Gasteiger partial charge in [0, 0.05) is 11.2 Å². The SMILES string of the molecule is CCCCCCCCCCCCSCC(C)C(=O)OCCC(CO)(CO)CO. The Bertz CT molecular complexity index is 353. The largest absolute Gasteiger partial charge is 0.465 e. The minimum absolute atomic E-state index is 0.105. The van der Waals surface area contributed by atoms with Crippen molar-refractivity contribution in [3.8, 4) is 0 Å². The van der Waals surface area contributed by atoms with Crippen LogP contribution in [0.5, 0.6) is 0 Å². The number of ether oxygens (including phenoxy) is 1. The molecule has 5 nitrogen and oxygen atoms in total. The average molecular weight is 421 g/mol. The number of aliphatic hydroxyl groups is 3. The van der Waals surface area contributed by atoms with Crippen molar-refractivity contribution in [3.05, 3.63) is 0 Å². The number of thioether (sulfide) groups is 1. The molecule has 1 unspecified atom stereocenters. The van der Waals surface area contributed by atoms with E-state index in [0.717, 1.165) is 11.5 Å². The monoisotopic (exact) mass is 420 g/mol. The third-order valence-corrected chi connectivity index (χ3v) is 6.61. The topological polar surface area (TPSA) is 87.0 Å². The van der Waals surface area contributed by atoms with Gasteiger partial charge in [-0.25, -0.2) is 0 Å². The molecule has 0 radical (unpaired) electrons. The molecule has 0 amide bonds. The van der Waals surface area contributed by atoms with Crippen molar-refractivity contribution < 1.29 is 24.9 Å². The summed E-state index contributed by atoms with van der Waals surface area (Å²) in [7, 11) is 0. The summed E-state index contributed by atoms with van der Waals surface area (Å²) < 4.78 is 5.24. The van der Waals surface area contributed by atoms with E-state index >= 15 is 0 Å². The summed E-state index contributed by atoms with van der Waals surface area (Å²) in [4.78, 5) is 12.0. The quantitative estimate of drug-likeness (QED) is 0.202. The molecule has 0 saturated heterocycles. The van der Waals surface area contributed by atoms with E-state index in [1.165, 1.54) is 64.2 Å². The maximum Gasteiger partial charge on any atom is 0.309 e. The van der Waals surface area contributed by atoms with Crippen LogP contribution in [0.25, 0.3) is 0 Å². The molecule has 0 aliphatic rings. The van der Waals surface area contributed by atoms with Gasteiger partial charge in [-0.3, -0.25) is 4.79 Å². The Hall–Kier alpha value is -0.300. The summed E-state index contributed by atoms with van der Waals surface area (Å²) >= 11 is 1.80. The number of esters is 1. The Morgan fingerprint density at radius 1 is 0.893 bits per heavy atom. The van der Waals surface area contributed by atoms with E-state index in [1.807, 2.05) is 6.92 Å². The van der Waals surface area contributed by atoms with Crippen LogP contribution in [0.2, 0.25) is 0 Å². The van der Waals surface area contributed by atoms with Gasteiger partial charge in [-0.15, -0.1) is 0 Å². The van der Waals surface area contributed by atoms with Crippen molar-refractivity contribution in [2.24, 2.45) is 11.3 Å². The molecule has 1 atom stereocenters. The predicted octanol–water partition coefficient (Wildman–Crippen LogP) is 4.17. The van der Waals surface area contributed by atoms with Crippen LogP contribution in [0, 0.1) is 11.3 Å². The number of rotatable bonds is 20. The van der Waals surface area contributed by atoms with E-state index in [-0.39, 0.29) is 44.7 Å². The smallest absolute Gasteiger partial charge is 0.309 e. The zero-order valence-electron chi connectivity index (χ0n) is 18.2. The number of carbonyl (C=O) groups excluding carboxylic acids is 1. The lowest BCUT2D eigenvalue weighted by Crippen LogP contribution is -2.35. The number of carbonyl (C=O) groups is 1. The number of hydrogen-bond donors (Lipinski definition) is 3. The van der Waals surface area contributed by atoms with Crippen LogP contribution in [-0.2, 0) is 9.53 Å². The summed E-state index contributed by atoms with van der Waals surface area (Å²) in [6.07, 6.45) is 13.6. The third-order valence-electron chi connectivity index (χ3n) is 5.30. The van der Waals surface area contributed by atoms with E-state index < -0.39 is 5.41 Å². The summed E-state index contributed by atoms with van der Waals surface area (Å²) in [5.74, 6) is 1.41. The van der Waals surface area contributed by atoms with Crippen LogP contribution in [0.15, 0.2) is 0 Å². The highest BCUT2D eigenvalue weighted by atomic mass is 32.2. The van der Waals surface area contributed by atoms with Gasteiger partial charge in [0.25, 0.3) is 0 Å². The second-order valence-electron chi connectivity index (χ2n) is 8.05. The fourth-order valence-corrected chi connectivity index (χ4v) is 3.98. The Kier molecular flexibility index (Phi) is 18.5. The normalized spacial score (nSPS) is 12.9. The lowest BCUT2D eigenvalue weighted by Gasteiger charge is -2.27. The van der Waals surface area contributed by atoms with Crippen molar-refractivity contribution >= 4 is 17.7 Å². The fourth-order valence-electron chi connectivity index (χ4n) is 2.92. The predicted molar refractivity (Wildman–Crippen MR) is 118 cm³/mol. The first-order valence-corrected chi connectivity index (χ1v) is 12.3. The molecular formula is C22H44O5S. The zero-order valence-corrected chi connectivity index (χ0v) is 19.0. The fraction of sp³-hybridized carbons (Fsp3) is 0.955. The van der Waals surface area contributed by atoms with Crippen LogP contribution in [-0.4, -0.2) is 59.2 Å². The van der Waals surface area contributed by atoms with Crippen molar-refractivity contribution in [2.75, 3.05) is 37.9 Å². The number of aliphatic hydroxyl groups excluding tert-OH is 3. The van der Waals surface area contributed by atoms with E-state index in [9.17, 15) is 20.1 Å². The first-order chi connectivity index (χ1) is 13.5. The Morgan fingerprint density at radius 3 is 1.89 bits per heavy atom. The molecule has 3 N–H and O–H groups in total. The van der Waals surface area contributed by atoms with E-state index in [4.69, 9.17) is 4.74 Å². The van der Waals surface area contributed by atoms with Gasteiger partial charge >= 0.3 is 5.97 Å². The molecule has 0 spiro atoms. The zero-order chi connectivity index (χ0) is 21.1. The first-order valence-electron chi connectivity index (χ1n) is 11.1. The van der Waals surface area contributed by atoms with Gasteiger partial charge in [-0.1, -0.05) is 71.6 Å². The summed E-state index contributed by atoms with van der Waals surface area (Å²) in [6.45, 7) is 3.23. The second-order valence-corrected chi connectivity index (χ2v) is 9.20. The van der Waals surface area contributed by atoms with Gasteiger partial charge in [0.15, 0.2) is 0 Å². The maximum absolute atomic E-state index is 12.0. The minimum Gasteiger partial charge on any atom is -0.465 e. The van der Waals surface area contributed by atoms with Crippen LogP contribution in [0.1, 0.15) is 84.5 Å². The van der Waals surface area contributed by atoms with Crippen molar-refractivity contribution in [1.29, 1.82) is 0 Å². The molecule has 0 rings (SSSR count). The Morgan fingerprint density at radius 2 is 1.39 bits per heavy atom. The van der Waals surface area contributed by atoms with Crippen LogP contribution in [0.3, 0.4) is 0 Å². The minimum atomic E-state index is -0.978. The van der Waals surface area contributed by atoms with Gasteiger partial charge < -0.3 is 20.1 Å². The maximum atomic E-state index is 12.0. The third kappa shape index (κ3) is 13.8.